The molecule has 3 unspecified atom stereocenters. The minimum atomic E-state index is -4.40. The molecule has 0 saturated carbocycles. The van der Waals surface area contributed by atoms with E-state index in [9.17, 15) is 23.1 Å². The molecule has 0 bridgehead atoms. The van der Waals surface area contributed by atoms with Gasteiger partial charge >= 0.3 is 12.1 Å². The first-order valence-corrected chi connectivity index (χ1v) is 8.74. The molecular formula is C21H18F3NO2. The van der Waals surface area contributed by atoms with Crippen molar-refractivity contribution in [1.29, 1.82) is 0 Å². The summed E-state index contributed by atoms with van der Waals surface area (Å²) in [4.78, 5) is 11.5. The van der Waals surface area contributed by atoms with Gasteiger partial charge in [0, 0.05) is 11.6 Å². The summed E-state index contributed by atoms with van der Waals surface area (Å²) in [5.41, 5.74) is 2.41. The molecule has 0 spiro atoms. The van der Waals surface area contributed by atoms with Gasteiger partial charge in [-0.15, -0.1) is 0 Å². The number of hydrogen-bond acceptors (Lipinski definition) is 2. The molecule has 0 saturated heterocycles. The molecule has 2 aromatic rings. The Kier molecular flexibility index (Phi) is 4.02. The van der Waals surface area contributed by atoms with E-state index in [1.54, 1.807) is 19.1 Å². The topological polar surface area (TPSA) is 49.3 Å². The van der Waals surface area contributed by atoms with Crippen LogP contribution >= 0.6 is 0 Å². The molecule has 140 valence electrons. The Bertz CT molecular complexity index is 949. The van der Waals surface area contributed by atoms with Crippen molar-refractivity contribution in [1.82, 2.24) is 0 Å². The van der Waals surface area contributed by atoms with Crippen molar-refractivity contribution < 1.29 is 23.1 Å². The average Bonchev–Trinajstić information content (AvgIpc) is 3.10. The molecule has 2 aliphatic rings. The van der Waals surface area contributed by atoms with Crippen molar-refractivity contribution in [3.05, 3.63) is 76.4 Å². The van der Waals surface area contributed by atoms with E-state index in [1.165, 1.54) is 12.1 Å². The summed E-state index contributed by atoms with van der Waals surface area (Å²) >= 11 is 0. The molecule has 0 radical (unpaired) electrons. The van der Waals surface area contributed by atoms with E-state index in [0.29, 0.717) is 16.8 Å². The Morgan fingerprint density at radius 3 is 2.70 bits per heavy atom. The number of carbonyl (C=O) groups is 1. The van der Waals surface area contributed by atoms with E-state index < -0.39 is 17.7 Å². The standard InChI is InChI=1S/C21H18F3NO2/c1-11-14(20(26)27)8-9-17-15-6-3-7-16(15)19(25-18(11)17)12-4-2-5-13(10-12)21(22,23)24/h2-6,8-10,15-16,19,25H,7H2,1H3,(H,26,27). The quantitative estimate of drug-likeness (QED) is 0.680. The van der Waals surface area contributed by atoms with Gasteiger partial charge in [-0.25, -0.2) is 4.79 Å². The molecule has 0 fully saturated rings. The van der Waals surface area contributed by atoms with Gasteiger partial charge < -0.3 is 10.4 Å². The number of alkyl halides is 3. The smallest absolute Gasteiger partial charge is 0.416 e. The van der Waals surface area contributed by atoms with Crippen molar-refractivity contribution in [2.75, 3.05) is 5.32 Å². The largest absolute Gasteiger partial charge is 0.478 e. The lowest BCUT2D eigenvalue weighted by atomic mass is 9.75. The Balaban J connectivity index is 1.82. The summed E-state index contributed by atoms with van der Waals surface area (Å²) < 4.78 is 39.4. The molecule has 27 heavy (non-hydrogen) atoms. The molecule has 4 rings (SSSR count). The van der Waals surface area contributed by atoms with Gasteiger partial charge in [0.1, 0.15) is 0 Å². The average molecular weight is 373 g/mol. The predicted octanol–water partition coefficient (Wildman–Crippen LogP) is 5.54. The second-order valence-electron chi connectivity index (χ2n) is 7.11. The number of fused-ring (bicyclic) bond motifs is 3. The minimum absolute atomic E-state index is 0.0577. The van der Waals surface area contributed by atoms with Crippen molar-refractivity contribution in [3.8, 4) is 0 Å². The van der Waals surface area contributed by atoms with E-state index in [-0.39, 0.29) is 23.4 Å². The molecule has 2 aromatic carbocycles. The molecule has 1 heterocycles. The summed E-state index contributed by atoms with van der Waals surface area (Å²) in [5, 5.41) is 12.8. The summed E-state index contributed by atoms with van der Waals surface area (Å²) in [6, 6.07) is 8.48. The highest BCUT2D eigenvalue weighted by atomic mass is 19.4. The Morgan fingerprint density at radius 2 is 2.00 bits per heavy atom. The van der Waals surface area contributed by atoms with Crippen LogP contribution in [0.2, 0.25) is 0 Å². The van der Waals surface area contributed by atoms with Gasteiger partial charge in [-0.1, -0.05) is 30.4 Å². The Labute approximate surface area is 154 Å². The third-order valence-corrected chi connectivity index (χ3v) is 5.60. The van der Waals surface area contributed by atoms with E-state index in [1.807, 2.05) is 12.1 Å². The van der Waals surface area contributed by atoms with Gasteiger partial charge in [-0.3, -0.25) is 0 Å². The van der Waals surface area contributed by atoms with Crippen LogP contribution in [0.1, 0.15) is 51.0 Å². The van der Waals surface area contributed by atoms with E-state index in [4.69, 9.17) is 0 Å². The zero-order valence-corrected chi connectivity index (χ0v) is 14.5. The fourth-order valence-corrected chi connectivity index (χ4v) is 4.28. The summed E-state index contributed by atoms with van der Waals surface area (Å²) in [7, 11) is 0. The maximum atomic E-state index is 13.1. The Hall–Kier alpha value is -2.76. The van der Waals surface area contributed by atoms with Gasteiger partial charge in [0.05, 0.1) is 17.2 Å². The lowest BCUT2D eigenvalue weighted by Crippen LogP contribution is -2.30. The first kappa shape index (κ1) is 17.6. The predicted molar refractivity (Wildman–Crippen MR) is 95.9 cm³/mol. The third-order valence-electron chi connectivity index (χ3n) is 5.60. The molecular weight excluding hydrogens is 355 g/mol. The number of allylic oxidation sites excluding steroid dienone is 2. The number of halogens is 3. The van der Waals surface area contributed by atoms with Crippen molar-refractivity contribution >= 4 is 11.7 Å². The van der Waals surface area contributed by atoms with Crippen LogP contribution in [-0.4, -0.2) is 11.1 Å². The second kappa shape index (κ2) is 6.15. The molecule has 3 atom stereocenters. The Morgan fingerprint density at radius 1 is 1.22 bits per heavy atom. The van der Waals surface area contributed by atoms with E-state index in [2.05, 4.69) is 11.4 Å². The third kappa shape index (κ3) is 2.89. The van der Waals surface area contributed by atoms with Crippen molar-refractivity contribution in [2.45, 2.75) is 31.5 Å². The fourth-order valence-electron chi connectivity index (χ4n) is 4.28. The SMILES string of the molecule is Cc1c(C(=O)O)ccc2c1NC(c1cccc(C(F)(F)F)c1)C1CC=CC21. The molecule has 0 aromatic heterocycles. The van der Waals surface area contributed by atoms with Gasteiger partial charge in [-0.05, 0) is 54.2 Å². The number of benzene rings is 2. The van der Waals surface area contributed by atoms with Gasteiger partial charge in [0.25, 0.3) is 0 Å². The number of nitrogens with one attached hydrogen (secondary N) is 1. The van der Waals surface area contributed by atoms with Crippen LogP contribution in [0.15, 0.2) is 48.6 Å². The van der Waals surface area contributed by atoms with E-state index >= 15 is 0 Å². The van der Waals surface area contributed by atoms with Crippen LogP contribution in [0.5, 0.6) is 0 Å². The van der Waals surface area contributed by atoms with Crippen LogP contribution in [0, 0.1) is 12.8 Å². The summed E-state index contributed by atoms with van der Waals surface area (Å²) in [6.45, 7) is 1.73. The highest BCUT2D eigenvalue weighted by Crippen LogP contribution is 2.51. The van der Waals surface area contributed by atoms with Gasteiger partial charge in [0.2, 0.25) is 0 Å². The van der Waals surface area contributed by atoms with Crippen LogP contribution in [0.25, 0.3) is 0 Å². The first-order chi connectivity index (χ1) is 12.8. The normalized spacial score (nSPS) is 23.5. The van der Waals surface area contributed by atoms with Gasteiger partial charge in [0.15, 0.2) is 0 Å². The van der Waals surface area contributed by atoms with Crippen LogP contribution < -0.4 is 5.32 Å². The number of aromatic carboxylic acids is 1. The first-order valence-electron chi connectivity index (χ1n) is 8.74. The van der Waals surface area contributed by atoms with Crippen LogP contribution in [0.4, 0.5) is 18.9 Å². The fraction of sp³-hybridized carbons (Fsp3) is 0.286. The van der Waals surface area contributed by atoms with Crippen LogP contribution in [0.3, 0.4) is 0 Å². The monoisotopic (exact) mass is 373 g/mol. The molecule has 1 aliphatic carbocycles. The van der Waals surface area contributed by atoms with E-state index in [0.717, 1.165) is 18.1 Å². The van der Waals surface area contributed by atoms with Crippen molar-refractivity contribution in [3.63, 3.8) is 0 Å². The molecule has 3 nitrogen and oxygen atoms in total. The summed E-state index contributed by atoms with van der Waals surface area (Å²) in [6.07, 6.45) is 0.484. The van der Waals surface area contributed by atoms with Gasteiger partial charge in [-0.2, -0.15) is 13.2 Å². The maximum Gasteiger partial charge on any atom is 0.416 e. The number of anilines is 1. The second-order valence-corrected chi connectivity index (χ2v) is 7.11. The van der Waals surface area contributed by atoms with Crippen molar-refractivity contribution in [2.24, 2.45) is 5.92 Å². The molecule has 6 heteroatoms. The molecule has 2 N–H and O–H groups in total. The minimum Gasteiger partial charge on any atom is -0.478 e. The maximum absolute atomic E-state index is 13.1. The lowest BCUT2D eigenvalue weighted by Gasteiger charge is -2.38. The lowest BCUT2D eigenvalue weighted by molar-refractivity contribution is -0.137. The number of rotatable bonds is 2. The number of hydrogen-bond donors (Lipinski definition) is 2. The molecule has 1 aliphatic heterocycles. The number of carboxylic acids is 1. The highest BCUT2D eigenvalue weighted by Gasteiger charge is 2.40. The zero-order chi connectivity index (χ0) is 19.3. The highest BCUT2D eigenvalue weighted by molar-refractivity contribution is 5.92. The number of carboxylic acid groups (broad SMARTS) is 1. The van der Waals surface area contributed by atoms with Crippen LogP contribution in [-0.2, 0) is 6.18 Å². The molecule has 0 amide bonds. The zero-order valence-electron chi connectivity index (χ0n) is 14.5. The summed E-state index contributed by atoms with van der Waals surface area (Å²) in [5.74, 6) is -0.866.